The third kappa shape index (κ3) is 4.84. The topological polar surface area (TPSA) is 108 Å². The maximum absolute atomic E-state index is 14.3. The fraction of sp³-hybridized carbons (Fsp3) is 0.174. The van der Waals surface area contributed by atoms with Crippen LogP contribution in [0.2, 0.25) is 0 Å². The zero-order chi connectivity index (χ0) is 24.2. The number of aryl methyl sites for hydroxylation is 1. The lowest BCUT2D eigenvalue weighted by molar-refractivity contribution is -0.113. The van der Waals surface area contributed by atoms with E-state index in [1.807, 2.05) is 0 Å². The van der Waals surface area contributed by atoms with Crippen LogP contribution in [0.5, 0.6) is 11.8 Å². The molecule has 0 fully saturated rings. The molecule has 1 N–H and O–H groups in total. The number of para-hydroxylation sites is 1. The summed E-state index contributed by atoms with van der Waals surface area (Å²) in [6.07, 6.45) is 0. The quantitative estimate of drug-likeness (QED) is 0.316. The lowest BCUT2D eigenvalue weighted by Gasteiger charge is -2.14. The summed E-state index contributed by atoms with van der Waals surface area (Å²) in [7, 11) is 2.86. The Balaban J connectivity index is 1.65. The number of carbonyl (C=O) groups is 1. The molecule has 0 aliphatic carbocycles. The number of nitrogens with zero attached hydrogens (tertiary/aromatic N) is 4. The zero-order valence-electron chi connectivity index (χ0n) is 18.5. The van der Waals surface area contributed by atoms with Gasteiger partial charge < -0.3 is 9.47 Å². The number of aromatic nitrogens is 4. The highest BCUT2D eigenvalue weighted by Gasteiger charge is 2.17. The maximum Gasteiger partial charge on any atom is 0.266 e. The monoisotopic (exact) mass is 481 g/mol. The molecule has 174 valence electrons. The van der Waals surface area contributed by atoms with Crippen LogP contribution >= 0.6 is 11.8 Å². The summed E-state index contributed by atoms with van der Waals surface area (Å²) in [5.74, 6) is -0.546. The molecule has 9 nitrogen and oxygen atoms in total. The van der Waals surface area contributed by atoms with E-state index < -0.39 is 11.7 Å². The van der Waals surface area contributed by atoms with Gasteiger partial charge in [0.15, 0.2) is 5.16 Å². The van der Waals surface area contributed by atoms with Gasteiger partial charge in [0.25, 0.3) is 5.56 Å². The van der Waals surface area contributed by atoms with Gasteiger partial charge in [0, 0.05) is 0 Å². The largest absolute Gasteiger partial charge is 0.481 e. The van der Waals surface area contributed by atoms with Crippen molar-refractivity contribution in [2.75, 3.05) is 25.3 Å². The first-order valence-corrected chi connectivity index (χ1v) is 11.1. The molecule has 0 saturated carbocycles. The number of methoxy groups -OCH3 is 2. The molecule has 0 aliphatic rings. The van der Waals surface area contributed by atoms with Crippen molar-refractivity contribution < 1.29 is 18.7 Å². The molecule has 1 amide bonds. The number of thioether (sulfide) groups is 1. The number of benzene rings is 2. The number of ether oxygens (including phenoxy) is 2. The number of halogens is 1. The number of carbonyl (C=O) groups excluding carboxylic acids is 1. The van der Waals surface area contributed by atoms with E-state index in [-0.39, 0.29) is 34.2 Å². The van der Waals surface area contributed by atoms with Crippen molar-refractivity contribution in [1.82, 2.24) is 19.5 Å². The van der Waals surface area contributed by atoms with Crippen LogP contribution in [0.3, 0.4) is 0 Å². The summed E-state index contributed by atoms with van der Waals surface area (Å²) in [6, 6.07) is 12.8. The van der Waals surface area contributed by atoms with Crippen LogP contribution in [-0.4, -0.2) is 45.4 Å². The third-order valence-corrected chi connectivity index (χ3v) is 5.78. The summed E-state index contributed by atoms with van der Waals surface area (Å²) < 4.78 is 25.7. The van der Waals surface area contributed by atoms with Crippen molar-refractivity contribution in [2.45, 2.75) is 12.1 Å². The van der Waals surface area contributed by atoms with Gasteiger partial charge >= 0.3 is 0 Å². The minimum atomic E-state index is -0.449. The highest BCUT2D eigenvalue weighted by Crippen LogP contribution is 2.23. The molecule has 0 saturated heterocycles. The normalized spacial score (nSPS) is 10.8. The SMILES string of the molecule is COc1cc(OC)nc(NC(=O)CSc2nc3ccccc3c(=O)n2-c2ccc(C)c(F)c2)n1. The Morgan fingerprint density at radius 3 is 2.44 bits per heavy atom. The van der Waals surface area contributed by atoms with Crippen LogP contribution in [0, 0.1) is 12.7 Å². The van der Waals surface area contributed by atoms with Crippen molar-refractivity contribution in [3.05, 3.63) is 70.3 Å². The minimum Gasteiger partial charge on any atom is -0.481 e. The molecular weight excluding hydrogens is 461 g/mol. The van der Waals surface area contributed by atoms with Gasteiger partial charge in [-0.05, 0) is 36.8 Å². The van der Waals surface area contributed by atoms with Crippen molar-refractivity contribution in [3.63, 3.8) is 0 Å². The first-order valence-electron chi connectivity index (χ1n) is 10.1. The predicted molar refractivity (Wildman–Crippen MR) is 127 cm³/mol. The van der Waals surface area contributed by atoms with Gasteiger partial charge in [0.05, 0.1) is 42.6 Å². The number of fused-ring (bicyclic) bond motifs is 1. The lowest BCUT2D eigenvalue weighted by atomic mass is 10.2. The number of rotatable bonds is 7. The van der Waals surface area contributed by atoms with Crippen LogP contribution < -0.4 is 20.3 Å². The summed E-state index contributed by atoms with van der Waals surface area (Å²) in [6.45, 7) is 1.64. The molecule has 2 aromatic heterocycles. The number of nitrogens with one attached hydrogen (secondary N) is 1. The van der Waals surface area contributed by atoms with E-state index in [0.29, 0.717) is 22.2 Å². The van der Waals surface area contributed by atoms with Crippen LogP contribution in [0.4, 0.5) is 10.3 Å². The summed E-state index contributed by atoms with van der Waals surface area (Å²) >= 11 is 1.03. The smallest absolute Gasteiger partial charge is 0.266 e. The summed E-state index contributed by atoms with van der Waals surface area (Å²) in [4.78, 5) is 38.6. The average Bonchev–Trinajstić information content (AvgIpc) is 2.84. The number of anilines is 1. The Bertz CT molecular complexity index is 1420. The molecule has 34 heavy (non-hydrogen) atoms. The second-order valence-electron chi connectivity index (χ2n) is 7.10. The van der Waals surface area contributed by atoms with E-state index in [9.17, 15) is 14.0 Å². The number of hydrogen-bond acceptors (Lipinski definition) is 8. The first-order chi connectivity index (χ1) is 16.4. The van der Waals surface area contributed by atoms with Crippen molar-refractivity contribution >= 4 is 34.5 Å². The molecule has 2 aromatic carbocycles. The molecule has 0 aliphatic heterocycles. The molecular formula is C23H20FN5O4S. The summed E-state index contributed by atoms with van der Waals surface area (Å²) in [5, 5.41) is 3.20. The number of amides is 1. The maximum atomic E-state index is 14.3. The van der Waals surface area contributed by atoms with Crippen molar-refractivity contribution in [1.29, 1.82) is 0 Å². The van der Waals surface area contributed by atoms with Gasteiger partial charge in [-0.3, -0.25) is 19.5 Å². The van der Waals surface area contributed by atoms with Crippen LogP contribution in [0.25, 0.3) is 16.6 Å². The van der Waals surface area contributed by atoms with Gasteiger partial charge in [-0.2, -0.15) is 9.97 Å². The Labute approximate surface area is 198 Å². The molecule has 2 heterocycles. The molecule has 0 unspecified atom stereocenters. The highest BCUT2D eigenvalue weighted by molar-refractivity contribution is 7.99. The molecule has 4 rings (SSSR count). The van der Waals surface area contributed by atoms with Gasteiger partial charge in [-0.15, -0.1) is 0 Å². The van der Waals surface area contributed by atoms with Gasteiger partial charge in [-0.25, -0.2) is 9.37 Å². The molecule has 4 aromatic rings. The first kappa shape index (κ1) is 23.2. The molecule has 0 atom stereocenters. The standard InChI is InChI=1S/C23H20FN5O4S/c1-13-8-9-14(10-16(13)24)29-21(31)15-6-4-5-7-17(15)25-23(29)34-12-18(30)26-22-27-19(32-2)11-20(28-22)33-3/h4-11H,12H2,1-3H3,(H,26,27,28,30). The van der Waals surface area contributed by atoms with E-state index in [1.165, 1.54) is 30.9 Å². The van der Waals surface area contributed by atoms with Gasteiger partial charge in [0.1, 0.15) is 5.82 Å². The van der Waals surface area contributed by atoms with Crippen molar-refractivity contribution in [2.24, 2.45) is 0 Å². The Morgan fingerprint density at radius 1 is 1.06 bits per heavy atom. The van der Waals surface area contributed by atoms with Crippen LogP contribution in [0.15, 0.2) is 58.5 Å². The van der Waals surface area contributed by atoms with E-state index >= 15 is 0 Å². The molecule has 0 radical (unpaired) electrons. The predicted octanol–water partition coefficient (Wildman–Crippen LogP) is 3.37. The van der Waals surface area contributed by atoms with E-state index in [4.69, 9.17) is 9.47 Å². The van der Waals surface area contributed by atoms with E-state index in [1.54, 1.807) is 43.3 Å². The van der Waals surface area contributed by atoms with E-state index in [0.717, 1.165) is 11.8 Å². The van der Waals surface area contributed by atoms with Gasteiger partial charge in [-0.1, -0.05) is 30.0 Å². The van der Waals surface area contributed by atoms with Crippen LogP contribution in [-0.2, 0) is 4.79 Å². The molecule has 0 bridgehead atoms. The van der Waals surface area contributed by atoms with Crippen molar-refractivity contribution in [3.8, 4) is 17.4 Å². The Kier molecular flexibility index (Phi) is 6.73. The molecule has 11 heteroatoms. The number of hydrogen-bond donors (Lipinski definition) is 1. The minimum absolute atomic E-state index is 0.00580. The zero-order valence-corrected chi connectivity index (χ0v) is 19.4. The molecule has 0 spiro atoms. The fourth-order valence-corrected chi connectivity index (χ4v) is 3.93. The highest BCUT2D eigenvalue weighted by atomic mass is 32.2. The Hall–Kier alpha value is -3.99. The second-order valence-corrected chi connectivity index (χ2v) is 8.04. The lowest BCUT2D eigenvalue weighted by Crippen LogP contribution is -2.23. The third-order valence-electron chi connectivity index (χ3n) is 4.84. The second kappa shape index (κ2) is 9.87. The average molecular weight is 482 g/mol. The Morgan fingerprint density at radius 2 is 1.76 bits per heavy atom. The van der Waals surface area contributed by atoms with Crippen LogP contribution in [0.1, 0.15) is 5.56 Å². The fourth-order valence-electron chi connectivity index (χ4n) is 3.12. The summed E-state index contributed by atoms with van der Waals surface area (Å²) in [5.41, 5.74) is 0.876. The van der Waals surface area contributed by atoms with Gasteiger partial charge in [0.2, 0.25) is 23.6 Å². The van der Waals surface area contributed by atoms with E-state index in [2.05, 4.69) is 20.3 Å².